The van der Waals surface area contributed by atoms with Crippen LogP contribution < -0.4 is 5.32 Å². The second-order valence-electron chi connectivity index (χ2n) is 8.45. The molecule has 2 atom stereocenters. The van der Waals surface area contributed by atoms with Gasteiger partial charge in [-0.1, -0.05) is 42.5 Å². The summed E-state index contributed by atoms with van der Waals surface area (Å²) >= 11 is 1.72. The first-order valence-electron chi connectivity index (χ1n) is 11.2. The summed E-state index contributed by atoms with van der Waals surface area (Å²) in [6.07, 6.45) is 3.07. The highest BCUT2D eigenvalue weighted by Gasteiger charge is 2.45. The van der Waals surface area contributed by atoms with Crippen LogP contribution in [0.3, 0.4) is 0 Å². The zero-order valence-corrected chi connectivity index (χ0v) is 19.4. The smallest absolute Gasteiger partial charge is 0.249 e. The van der Waals surface area contributed by atoms with Gasteiger partial charge in [-0.25, -0.2) is 8.78 Å². The van der Waals surface area contributed by atoms with E-state index < -0.39 is 24.2 Å². The van der Waals surface area contributed by atoms with Gasteiger partial charge >= 0.3 is 0 Å². The van der Waals surface area contributed by atoms with Gasteiger partial charge in [-0.05, 0) is 52.8 Å². The van der Waals surface area contributed by atoms with Crippen LogP contribution in [-0.2, 0) is 10.5 Å². The van der Waals surface area contributed by atoms with Gasteiger partial charge in [0.2, 0.25) is 11.8 Å². The molecule has 34 heavy (non-hydrogen) atoms. The van der Waals surface area contributed by atoms with Gasteiger partial charge in [-0.15, -0.1) is 11.8 Å². The third kappa shape index (κ3) is 5.81. The molecule has 0 saturated heterocycles. The summed E-state index contributed by atoms with van der Waals surface area (Å²) in [5.41, 5.74) is 3.97. The number of alkyl halides is 2. The van der Waals surface area contributed by atoms with Crippen LogP contribution in [0.1, 0.15) is 36.3 Å². The highest BCUT2D eigenvalue weighted by Crippen LogP contribution is 2.47. The Bertz CT molecular complexity index is 1160. The van der Waals surface area contributed by atoms with Crippen molar-refractivity contribution in [3.8, 4) is 17.2 Å². The van der Waals surface area contributed by atoms with E-state index in [1.165, 1.54) is 0 Å². The van der Waals surface area contributed by atoms with Crippen LogP contribution in [0.2, 0.25) is 0 Å². The van der Waals surface area contributed by atoms with Crippen LogP contribution in [-0.4, -0.2) is 23.4 Å². The first-order valence-corrected chi connectivity index (χ1v) is 12.2. The van der Waals surface area contributed by atoms with Crippen LogP contribution in [0.4, 0.5) is 8.78 Å². The standard InChI is InChI=1S/C27H25F2N3OS/c28-27(29)12-11-24(25(16-27)26(33)32-15-13-30)23-6-2-1-5-22(23)20-7-9-21(10-8-20)34-18-19-4-3-14-31-17-19/h1-10,14,17,24-25H,11-12,15-16,18H2,(H,32,33)/t24-,25+/m0/s1. The molecule has 1 saturated carbocycles. The van der Waals surface area contributed by atoms with E-state index in [1.807, 2.05) is 60.8 Å². The highest BCUT2D eigenvalue weighted by atomic mass is 32.2. The van der Waals surface area contributed by atoms with Crippen molar-refractivity contribution in [3.05, 3.63) is 84.2 Å². The summed E-state index contributed by atoms with van der Waals surface area (Å²) in [5.74, 6) is -3.77. The number of nitrogens with zero attached hydrogens (tertiary/aromatic N) is 2. The van der Waals surface area contributed by atoms with Gasteiger partial charge < -0.3 is 5.32 Å². The van der Waals surface area contributed by atoms with Crippen LogP contribution in [0, 0.1) is 17.2 Å². The van der Waals surface area contributed by atoms with E-state index in [1.54, 1.807) is 18.0 Å². The predicted octanol–water partition coefficient (Wildman–Crippen LogP) is 6.20. The van der Waals surface area contributed by atoms with Crippen molar-refractivity contribution in [2.75, 3.05) is 6.54 Å². The van der Waals surface area contributed by atoms with Crippen LogP contribution in [0.25, 0.3) is 11.1 Å². The maximum Gasteiger partial charge on any atom is 0.249 e. The van der Waals surface area contributed by atoms with Gasteiger partial charge in [-0.2, -0.15) is 5.26 Å². The highest BCUT2D eigenvalue weighted by molar-refractivity contribution is 7.98. The largest absolute Gasteiger partial charge is 0.343 e. The zero-order valence-electron chi connectivity index (χ0n) is 18.6. The number of thioether (sulfide) groups is 1. The molecule has 0 radical (unpaired) electrons. The number of rotatable bonds is 7. The van der Waals surface area contributed by atoms with E-state index in [0.29, 0.717) is 0 Å². The molecule has 1 N–H and O–H groups in total. The van der Waals surface area contributed by atoms with Crippen LogP contribution in [0.15, 0.2) is 78.0 Å². The Labute approximate surface area is 202 Å². The van der Waals surface area contributed by atoms with Crippen LogP contribution >= 0.6 is 11.8 Å². The van der Waals surface area contributed by atoms with E-state index >= 15 is 0 Å². The molecule has 0 bridgehead atoms. The quantitative estimate of drug-likeness (QED) is 0.325. The van der Waals surface area contributed by atoms with E-state index in [0.717, 1.165) is 32.9 Å². The molecule has 0 unspecified atom stereocenters. The lowest BCUT2D eigenvalue weighted by Crippen LogP contribution is -2.41. The SMILES string of the molecule is N#CCNC(=O)[C@@H]1CC(F)(F)CC[C@H]1c1ccccc1-c1ccc(SCc2cccnc2)cc1. The lowest BCUT2D eigenvalue weighted by Gasteiger charge is -2.36. The van der Waals surface area contributed by atoms with Crippen molar-refractivity contribution in [2.45, 2.75) is 41.8 Å². The summed E-state index contributed by atoms with van der Waals surface area (Å²) in [6, 6.07) is 21.7. The molecule has 3 aromatic rings. The third-order valence-electron chi connectivity index (χ3n) is 6.16. The first-order chi connectivity index (χ1) is 16.5. The Morgan fingerprint density at radius 1 is 1.15 bits per heavy atom. The fourth-order valence-electron chi connectivity index (χ4n) is 4.50. The molecule has 174 valence electrons. The molecule has 0 aliphatic heterocycles. The Hall–Kier alpha value is -3.24. The van der Waals surface area contributed by atoms with E-state index in [4.69, 9.17) is 5.26 Å². The molecule has 1 amide bonds. The number of hydrogen-bond acceptors (Lipinski definition) is 4. The van der Waals surface area contributed by atoms with Gasteiger partial charge in [0, 0.05) is 35.9 Å². The minimum atomic E-state index is -2.88. The number of nitrogens with one attached hydrogen (secondary N) is 1. The summed E-state index contributed by atoms with van der Waals surface area (Å²) < 4.78 is 28.5. The van der Waals surface area contributed by atoms with Gasteiger partial charge in [0.15, 0.2) is 0 Å². The van der Waals surface area contributed by atoms with Gasteiger partial charge in [-0.3, -0.25) is 9.78 Å². The lowest BCUT2D eigenvalue weighted by atomic mass is 9.72. The van der Waals surface area contributed by atoms with Gasteiger partial charge in [0.05, 0.1) is 12.0 Å². The Morgan fingerprint density at radius 3 is 2.68 bits per heavy atom. The van der Waals surface area contributed by atoms with E-state index in [-0.39, 0.29) is 25.3 Å². The molecule has 4 nitrogen and oxygen atoms in total. The van der Waals surface area contributed by atoms with Crippen molar-refractivity contribution in [3.63, 3.8) is 0 Å². The van der Waals surface area contributed by atoms with Gasteiger partial charge in [0.25, 0.3) is 0 Å². The average Bonchev–Trinajstić information content (AvgIpc) is 2.86. The number of halogens is 2. The molecule has 2 aromatic carbocycles. The molecular weight excluding hydrogens is 452 g/mol. The maximum absolute atomic E-state index is 14.2. The Morgan fingerprint density at radius 2 is 1.94 bits per heavy atom. The second-order valence-corrected chi connectivity index (χ2v) is 9.50. The number of benzene rings is 2. The predicted molar refractivity (Wildman–Crippen MR) is 129 cm³/mol. The van der Waals surface area contributed by atoms with Crippen molar-refractivity contribution in [1.82, 2.24) is 10.3 Å². The molecule has 4 rings (SSSR count). The maximum atomic E-state index is 14.2. The molecule has 7 heteroatoms. The summed E-state index contributed by atoms with van der Waals surface area (Å²) in [6.45, 7) is -0.187. The second kappa shape index (κ2) is 10.8. The number of amides is 1. The fourth-order valence-corrected chi connectivity index (χ4v) is 5.34. The van der Waals surface area contributed by atoms with Crippen molar-refractivity contribution >= 4 is 17.7 Å². The minimum absolute atomic E-state index is 0.187. The Balaban J connectivity index is 1.57. The van der Waals surface area contributed by atoms with E-state index in [9.17, 15) is 13.6 Å². The summed E-state index contributed by atoms with van der Waals surface area (Å²) in [7, 11) is 0. The van der Waals surface area contributed by atoms with Gasteiger partial charge in [0.1, 0.15) is 6.54 Å². The molecular formula is C27H25F2N3OS. The first kappa shape index (κ1) is 23.9. The molecule has 1 heterocycles. The lowest BCUT2D eigenvalue weighted by molar-refractivity contribution is -0.133. The number of carbonyl (C=O) groups is 1. The fraction of sp³-hybridized carbons (Fsp3) is 0.296. The molecule has 1 aliphatic rings. The summed E-state index contributed by atoms with van der Waals surface area (Å²) in [5, 5.41) is 11.3. The number of hydrogen-bond donors (Lipinski definition) is 1. The number of pyridine rings is 1. The Kier molecular flexibility index (Phi) is 7.59. The van der Waals surface area contributed by atoms with Crippen LogP contribution in [0.5, 0.6) is 0 Å². The average molecular weight is 478 g/mol. The topological polar surface area (TPSA) is 65.8 Å². The van der Waals surface area contributed by atoms with Crippen molar-refractivity contribution in [2.24, 2.45) is 5.92 Å². The molecule has 1 aromatic heterocycles. The third-order valence-corrected chi connectivity index (χ3v) is 7.24. The molecule has 1 fully saturated rings. The minimum Gasteiger partial charge on any atom is -0.343 e. The number of aromatic nitrogens is 1. The number of nitriles is 1. The number of carbonyl (C=O) groups excluding carboxylic acids is 1. The summed E-state index contributed by atoms with van der Waals surface area (Å²) in [4.78, 5) is 18.0. The molecule has 0 spiro atoms. The zero-order chi connectivity index (χ0) is 24.0. The van der Waals surface area contributed by atoms with Crippen molar-refractivity contribution in [1.29, 1.82) is 5.26 Å². The monoisotopic (exact) mass is 477 g/mol. The van der Waals surface area contributed by atoms with E-state index in [2.05, 4.69) is 22.4 Å². The van der Waals surface area contributed by atoms with Crippen molar-refractivity contribution < 1.29 is 13.6 Å². The molecule has 1 aliphatic carbocycles. The normalized spacial score (nSPS) is 19.2.